The molecule has 2 heterocycles. The Kier molecular flexibility index (Phi) is 4.90. The molecule has 1 aliphatic heterocycles. The number of ether oxygens (including phenoxy) is 2. The van der Waals surface area contributed by atoms with Gasteiger partial charge in [0.25, 0.3) is 11.8 Å². The summed E-state index contributed by atoms with van der Waals surface area (Å²) in [5, 5.41) is 5.65. The molecule has 0 bridgehead atoms. The van der Waals surface area contributed by atoms with Crippen LogP contribution in [-0.2, 0) is 0 Å². The van der Waals surface area contributed by atoms with E-state index in [0.717, 1.165) is 0 Å². The van der Waals surface area contributed by atoms with Crippen molar-refractivity contribution >= 4 is 23.4 Å². The Balaban J connectivity index is 1.52. The molecule has 3 rings (SSSR count). The quantitative estimate of drug-likeness (QED) is 0.803. The molecule has 1 aromatic carbocycles. The zero-order chi connectivity index (χ0) is 16.9. The van der Waals surface area contributed by atoms with Gasteiger partial charge in [-0.15, -0.1) is 0 Å². The summed E-state index contributed by atoms with van der Waals surface area (Å²) >= 11 is 6.10. The molecular formula is C16H15ClN2O5. The number of halogens is 1. The highest BCUT2D eigenvalue weighted by atomic mass is 35.5. The Labute approximate surface area is 142 Å². The third-order valence-electron chi connectivity index (χ3n) is 3.30. The van der Waals surface area contributed by atoms with Gasteiger partial charge in [-0.3, -0.25) is 9.59 Å². The average molecular weight is 351 g/mol. The summed E-state index contributed by atoms with van der Waals surface area (Å²) in [7, 11) is 0. The van der Waals surface area contributed by atoms with E-state index in [2.05, 4.69) is 10.6 Å². The van der Waals surface area contributed by atoms with Gasteiger partial charge in [-0.25, -0.2) is 0 Å². The molecule has 2 N–H and O–H groups in total. The molecule has 2 amide bonds. The molecule has 7 nitrogen and oxygen atoms in total. The van der Waals surface area contributed by atoms with Gasteiger partial charge in [-0.2, -0.15) is 0 Å². The van der Waals surface area contributed by atoms with Crippen molar-refractivity contribution in [3.63, 3.8) is 0 Å². The molecule has 0 aliphatic carbocycles. The van der Waals surface area contributed by atoms with Crippen LogP contribution in [-0.4, -0.2) is 38.1 Å². The monoisotopic (exact) mass is 350 g/mol. The van der Waals surface area contributed by atoms with Gasteiger partial charge in [-0.1, -0.05) is 11.6 Å². The Bertz CT molecular complexity index is 745. The molecule has 0 saturated carbocycles. The molecule has 2 aromatic rings. The van der Waals surface area contributed by atoms with Gasteiger partial charge in [0.1, 0.15) is 13.2 Å². The molecule has 0 spiro atoms. The predicted molar refractivity (Wildman–Crippen MR) is 85.8 cm³/mol. The minimum atomic E-state index is -0.336. The molecule has 1 aromatic heterocycles. The zero-order valence-electron chi connectivity index (χ0n) is 12.6. The van der Waals surface area contributed by atoms with Crippen molar-refractivity contribution < 1.29 is 23.5 Å². The molecule has 0 radical (unpaired) electrons. The first-order valence-electron chi connectivity index (χ1n) is 7.34. The molecule has 8 heteroatoms. The molecule has 0 unspecified atom stereocenters. The van der Waals surface area contributed by atoms with Gasteiger partial charge in [0.05, 0.1) is 11.3 Å². The smallest absolute Gasteiger partial charge is 0.287 e. The summed E-state index contributed by atoms with van der Waals surface area (Å²) in [6, 6.07) is 6.29. The van der Waals surface area contributed by atoms with Crippen LogP contribution in [0.3, 0.4) is 0 Å². The number of amides is 2. The van der Waals surface area contributed by atoms with Gasteiger partial charge in [-0.05, 0) is 24.3 Å². The predicted octanol–water partition coefficient (Wildman–Crippen LogP) is 1.86. The number of carbonyl (C=O) groups is 2. The van der Waals surface area contributed by atoms with Crippen molar-refractivity contribution in [1.29, 1.82) is 0 Å². The van der Waals surface area contributed by atoms with Crippen LogP contribution in [0.1, 0.15) is 20.9 Å². The van der Waals surface area contributed by atoms with Crippen molar-refractivity contribution in [2.75, 3.05) is 26.3 Å². The van der Waals surface area contributed by atoms with Gasteiger partial charge in [0.2, 0.25) is 0 Å². The minimum absolute atomic E-state index is 0.222. The Hall–Kier alpha value is -2.67. The van der Waals surface area contributed by atoms with E-state index in [1.165, 1.54) is 12.3 Å². The molecular weight excluding hydrogens is 336 g/mol. The Morgan fingerprint density at radius 1 is 1.08 bits per heavy atom. The fourth-order valence-electron chi connectivity index (χ4n) is 2.19. The highest BCUT2D eigenvalue weighted by Crippen LogP contribution is 2.38. The van der Waals surface area contributed by atoms with E-state index in [9.17, 15) is 9.59 Å². The Morgan fingerprint density at radius 3 is 2.58 bits per heavy atom. The number of hydrogen-bond donors (Lipinski definition) is 2. The first kappa shape index (κ1) is 16.2. The first-order chi connectivity index (χ1) is 11.6. The number of rotatable bonds is 5. The summed E-state index contributed by atoms with van der Waals surface area (Å²) in [4.78, 5) is 23.8. The van der Waals surface area contributed by atoms with Crippen LogP contribution < -0.4 is 20.1 Å². The van der Waals surface area contributed by atoms with Crippen LogP contribution in [0.4, 0.5) is 0 Å². The zero-order valence-corrected chi connectivity index (χ0v) is 13.4. The average Bonchev–Trinajstić information content (AvgIpc) is 3.13. The maximum atomic E-state index is 12.2. The second kappa shape index (κ2) is 7.27. The highest BCUT2D eigenvalue weighted by molar-refractivity contribution is 6.32. The molecule has 0 saturated heterocycles. The van der Waals surface area contributed by atoms with E-state index in [1.54, 1.807) is 18.2 Å². The van der Waals surface area contributed by atoms with Crippen molar-refractivity contribution in [2.24, 2.45) is 0 Å². The summed E-state index contributed by atoms with van der Waals surface area (Å²) in [5.41, 5.74) is 0.363. The Morgan fingerprint density at radius 2 is 1.83 bits per heavy atom. The van der Waals surface area contributed by atoms with Crippen molar-refractivity contribution in [1.82, 2.24) is 10.6 Å². The summed E-state index contributed by atoms with van der Waals surface area (Å²) < 4.78 is 15.8. The molecule has 1 aliphatic rings. The fraction of sp³-hybridized carbons (Fsp3) is 0.250. The number of nitrogens with one attached hydrogen (secondary N) is 2. The number of furan rings is 1. The minimum Gasteiger partial charge on any atom is -0.486 e. The largest absolute Gasteiger partial charge is 0.486 e. The molecule has 126 valence electrons. The van der Waals surface area contributed by atoms with Crippen molar-refractivity contribution in [3.05, 3.63) is 46.9 Å². The third kappa shape index (κ3) is 3.62. The normalized spacial score (nSPS) is 12.5. The standard InChI is InChI=1S/C16H15ClN2O5/c17-11-8-10(9-13-14(11)24-7-6-23-13)15(20)18-3-4-19-16(21)12-2-1-5-22-12/h1-2,5,8-9H,3-4,6-7H2,(H,18,20)(H,19,21). The third-order valence-corrected chi connectivity index (χ3v) is 3.58. The van der Waals surface area contributed by atoms with E-state index in [0.29, 0.717) is 35.3 Å². The lowest BCUT2D eigenvalue weighted by molar-refractivity contribution is 0.0910. The van der Waals surface area contributed by atoms with E-state index in [1.807, 2.05) is 0 Å². The van der Waals surface area contributed by atoms with E-state index in [-0.39, 0.29) is 30.7 Å². The van der Waals surface area contributed by atoms with Crippen LogP contribution >= 0.6 is 11.6 Å². The summed E-state index contributed by atoms with van der Waals surface area (Å²) in [6.45, 7) is 1.36. The van der Waals surface area contributed by atoms with Crippen LogP contribution in [0.25, 0.3) is 0 Å². The lowest BCUT2D eigenvalue weighted by atomic mass is 10.2. The maximum absolute atomic E-state index is 12.2. The van der Waals surface area contributed by atoms with E-state index < -0.39 is 0 Å². The lowest BCUT2D eigenvalue weighted by Crippen LogP contribution is -2.34. The van der Waals surface area contributed by atoms with Gasteiger partial charge in [0, 0.05) is 18.7 Å². The second-order valence-electron chi connectivity index (χ2n) is 4.97. The summed E-state index contributed by atoms with van der Waals surface area (Å²) in [6.07, 6.45) is 1.42. The topological polar surface area (TPSA) is 89.8 Å². The SMILES string of the molecule is O=C(NCCNC(=O)c1ccco1)c1cc(Cl)c2c(c1)OCCO2. The van der Waals surface area contributed by atoms with Crippen LogP contribution in [0.15, 0.2) is 34.9 Å². The van der Waals surface area contributed by atoms with E-state index in [4.69, 9.17) is 25.5 Å². The van der Waals surface area contributed by atoms with Gasteiger partial charge in [0.15, 0.2) is 17.3 Å². The van der Waals surface area contributed by atoms with Gasteiger partial charge >= 0.3 is 0 Å². The lowest BCUT2D eigenvalue weighted by Gasteiger charge is -2.20. The fourth-order valence-corrected chi connectivity index (χ4v) is 2.46. The van der Waals surface area contributed by atoms with Crippen LogP contribution in [0, 0.1) is 0 Å². The number of carbonyl (C=O) groups excluding carboxylic acids is 2. The molecule has 0 atom stereocenters. The molecule has 0 fully saturated rings. The number of benzene rings is 1. The highest BCUT2D eigenvalue weighted by Gasteiger charge is 2.19. The van der Waals surface area contributed by atoms with Gasteiger partial charge < -0.3 is 24.5 Å². The number of fused-ring (bicyclic) bond motifs is 1. The second-order valence-corrected chi connectivity index (χ2v) is 5.38. The van der Waals surface area contributed by atoms with Crippen molar-refractivity contribution in [3.8, 4) is 11.5 Å². The maximum Gasteiger partial charge on any atom is 0.287 e. The number of hydrogen-bond acceptors (Lipinski definition) is 5. The van der Waals surface area contributed by atoms with Crippen molar-refractivity contribution in [2.45, 2.75) is 0 Å². The van der Waals surface area contributed by atoms with Crippen LogP contribution in [0.2, 0.25) is 5.02 Å². The molecule has 24 heavy (non-hydrogen) atoms. The first-order valence-corrected chi connectivity index (χ1v) is 7.72. The van der Waals surface area contributed by atoms with E-state index >= 15 is 0 Å². The van der Waals surface area contributed by atoms with Crippen LogP contribution in [0.5, 0.6) is 11.5 Å². The summed E-state index contributed by atoms with van der Waals surface area (Å²) in [5.74, 6) is 0.466.